The van der Waals surface area contributed by atoms with Crippen LogP contribution in [0.5, 0.6) is 0 Å². The number of unbranched alkanes of at least 4 members (excludes halogenated alkanes) is 3. The van der Waals surface area contributed by atoms with Gasteiger partial charge in [0.25, 0.3) is 0 Å². The second-order valence-corrected chi connectivity index (χ2v) is 2.63. The van der Waals surface area contributed by atoms with Crippen LogP contribution >= 0.6 is 0 Å². The van der Waals surface area contributed by atoms with Gasteiger partial charge in [0.1, 0.15) is 6.10 Å². The molecule has 1 heteroatoms. The van der Waals surface area contributed by atoms with Crippen LogP contribution in [-0.2, 0) is 5.11 Å². The van der Waals surface area contributed by atoms with E-state index in [4.69, 9.17) is 0 Å². The van der Waals surface area contributed by atoms with Crippen LogP contribution < -0.4 is 0 Å². The summed E-state index contributed by atoms with van der Waals surface area (Å²) in [6.07, 6.45) is 8.02. The molecule has 1 nitrogen and oxygen atoms in total. The summed E-state index contributed by atoms with van der Waals surface area (Å²) in [5, 5.41) is 10.5. The average Bonchev–Trinajstić information content (AvgIpc) is 1.87. The van der Waals surface area contributed by atoms with Crippen molar-refractivity contribution in [1.29, 1.82) is 0 Å². The molecule has 59 valence electrons. The average molecular weight is 141 g/mol. The molecule has 0 amide bonds. The van der Waals surface area contributed by atoms with E-state index in [0.29, 0.717) is 0 Å². The number of rotatable bonds is 5. The van der Waals surface area contributed by atoms with E-state index in [1.165, 1.54) is 19.3 Å². The lowest BCUT2D eigenvalue weighted by molar-refractivity contribution is 0.146. The van der Waals surface area contributed by atoms with Gasteiger partial charge >= 0.3 is 0 Å². The quantitative estimate of drug-likeness (QED) is 0.414. The normalized spacial score (nSPS) is 14.3. The Hall–Kier alpha value is -0.300. The van der Waals surface area contributed by atoms with E-state index < -0.39 is 6.10 Å². The summed E-state index contributed by atoms with van der Waals surface area (Å²) in [7, 11) is 0. The Morgan fingerprint density at radius 1 is 1.40 bits per heavy atom. The summed E-state index contributed by atoms with van der Waals surface area (Å²) >= 11 is 0. The minimum atomic E-state index is -0.526. The Morgan fingerprint density at radius 3 is 2.60 bits per heavy atom. The molecule has 1 radical (unpaired) electrons. The van der Waals surface area contributed by atoms with Crippen LogP contribution in [0.4, 0.5) is 0 Å². The lowest BCUT2D eigenvalue weighted by Crippen LogP contribution is -1.88. The topological polar surface area (TPSA) is 19.9 Å². The van der Waals surface area contributed by atoms with Gasteiger partial charge in [-0.2, -0.15) is 0 Å². The van der Waals surface area contributed by atoms with Crippen LogP contribution in [-0.4, -0.2) is 6.10 Å². The molecule has 0 aromatic heterocycles. The summed E-state index contributed by atoms with van der Waals surface area (Å²) in [6.45, 7) is 3.84. The minimum Gasteiger partial charge on any atom is -0.229 e. The molecule has 0 N–H and O–H groups in total. The van der Waals surface area contributed by atoms with Gasteiger partial charge in [0, 0.05) is 0 Å². The van der Waals surface area contributed by atoms with E-state index in [-0.39, 0.29) is 0 Å². The molecule has 0 bridgehead atoms. The number of allylic oxidation sites excluding steroid dienone is 1. The van der Waals surface area contributed by atoms with E-state index >= 15 is 0 Å². The van der Waals surface area contributed by atoms with Crippen molar-refractivity contribution in [2.45, 2.75) is 45.6 Å². The highest BCUT2D eigenvalue weighted by molar-refractivity contribution is 4.85. The molecule has 0 aliphatic carbocycles. The van der Waals surface area contributed by atoms with Gasteiger partial charge in [0.2, 0.25) is 0 Å². The molecule has 0 aromatic rings. The Bertz CT molecular complexity index is 84.7. The molecular weight excluding hydrogens is 124 g/mol. The highest BCUT2D eigenvalue weighted by atomic mass is 16.3. The SMILES string of the molecule is CCCCC/C=C/C(C)[O]. The second kappa shape index (κ2) is 6.81. The van der Waals surface area contributed by atoms with Gasteiger partial charge in [-0.15, -0.1) is 0 Å². The monoisotopic (exact) mass is 141 g/mol. The Labute approximate surface area is 63.8 Å². The van der Waals surface area contributed by atoms with E-state index in [9.17, 15) is 5.11 Å². The third-order valence-electron chi connectivity index (χ3n) is 1.38. The fraction of sp³-hybridized carbons (Fsp3) is 0.778. The molecule has 1 atom stereocenters. The van der Waals surface area contributed by atoms with Gasteiger partial charge in [-0.3, -0.25) is 0 Å². The molecule has 0 aliphatic heterocycles. The summed E-state index contributed by atoms with van der Waals surface area (Å²) in [5.41, 5.74) is 0. The first-order valence-electron chi connectivity index (χ1n) is 4.10. The van der Waals surface area contributed by atoms with Crippen molar-refractivity contribution in [1.82, 2.24) is 0 Å². The van der Waals surface area contributed by atoms with Gasteiger partial charge in [0.15, 0.2) is 0 Å². The molecule has 0 fully saturated rings. The zero-order valence-electron chi connectivity index (χ0n) is 6.97. The second-order valence-electron chi connectivity index (χ2n) is 2.63. The van der Waals surface area contributed by atoms with Crippen molar-refractivity contribution >= 4 is 0 Å². The summed E-state index contributed by atoms with van der Waals surface area (Å²) < 4.78 is 0. The van der Waals surface area contributed by atoms with Crippen molar-refractivity contribution in [3.05, 3.63) is 12.2 Å². The molecular formula is C9H17O. The third kappa shape index (κ3) is 7.70. The molecule has 0 aliphatic rings. The molecule has 0 rings (SSSR count). The van der Waals surface area contributed by atoms with Crippen LogP contribution in [0.3, 0.4) is 0 Å². The molecule has 0 saturated carbocycles. The smallest absolute Gasteiger partial charge is 0.108 e. The van der Waals surface area contributed by atoms with Crippen molar-refractivity contribution in [2.75, 3.05) is 0 Å². The van der Waals surface area contributed by atoms with E-state index in [1.807, 2.05) is 6.08 Å². The maximum atomic E-state index is 10.5. The van der Waals surface area contributed by atoms with Crippen molar-refractivity contribution in [3.63, 3.8) is 0 Å². The van der Waals surface area contributed by atoms with E-state index in [1.54, 1.807) is 13.0 Å². The number of hydrogen-bond donors (Lipinski definition) is 0. The highest BCUT2D eigenvalue weighted by Gasteiger charge is 1.86. The zero-order valence-corrected chi connectivity index (χ0v) is 6.97. The van der Waals surface area contributed by atoms with E-state index in [0.717, 1.165) is 6.42 Å². The molecule has 0 aromatic carbocycles. The third-order valence-corrected chi connectivity index (χ3v) is 1.38. The number of hydrogen-bond acceptors (Lipinski definition) is 0. The fourth-order valence-electron chi connectivity index (χ4n) is 0.800. The minimum absolute atomic E-state index is 0.526. The standard InChI is InChI=1S/C9H17O/c1-3-4-5-6-7-8-9(2)10/h7-9H,3-6H2,1-2H3/b8-7+. The summed E-state index contributed by atoms with van der Waals surface area (Å²) in [4.78, 5) is 0. The zero-order chi connectivity index (χ0) is 7.82. The molecule has 0 heterocycles. The Morgan fingerprint density at radius 2 is 2.10 bits per heavy atom. The Kier molecular flexibility index (Phi) is 6.61. The van der Waals surface area contributed by atoms with Gasteiger partial charge < -0.3 is 0 Å². The lowest BCUT2D eigenvalue weighted by Gasteiger charge is -1.92. The summed E-state index contributed by atoms with van der Waals surface area (Å²) in [5.74, 6) is 0. The fourth-order valence-corrected chi connectivity index (χ4v) is 0.800. The predicted octanol–water partition coefficient (Wildman–Crippen LogP) is 2.94. The maximum absolute atomic E-state index is 10.5. The predicted molar refractivity (Wildman–Crippen MR) is 43.4 cm³/mol. The first-order chi connectivity index (χ1) is 4.77. The van der Waals surface area contributed by atoms with E-state index in [2.05, 4.69) is 6.92 Å². The van der Waals surface area contributed by atoms with Gasteiger partial charge in [0.05, 0.1) is 0 Å². The van der Waals surface area contributed by atoms with Crippen LogP contribution in [0.2, 0.25) is 0 Å². The molecule has 10 heavy (non-hydrogen) atoms. The summed E-state index contributed by atoms with van der Waals surface area (Å²) in [6, 6.07) is 0. The Balaban J connectivity index is 3.02. The van der Waals surface area contributed by atoms with Crippen LogP contribution in [0, 0.1) is 0 Å². The van der Waals surface area contributed by atoms with Crippen molar-refractivity contribution in [2.24, 2.45) is 0 Å². The maximum Gasteiger partial charge on any atom is 0.108 e. The van der Waals surface area contributed by atoms with Gasteiger partial charge in [-0.05, 0) is 19.8 Å². The largest absolute Gasteiger partial charge is 0.229 e. The molecule has 0 spiro atoms. The van der Waals surface area contributed by atoms with Crippen molar-refractivity contribution < 1.29 is 5.11 Å². The lowest BCUT2D eigenvalue weighted by atomic mass is 10.2. The van der Waals surface area contributed by atoms with Crippen LogP contribution in [0.25, 0.3) is 0 Å². The van der Waals surface area contributed by atoms with Crippen LogP contribution in [0.1, 0.15) is 39.5 Å². The van der Waals surface area contributed by atoms with Crippen LogP contribution in [0.15, 0.2) is 12.2 Å². The molecule has 0 saturated heterocycles. The van der Waals surface area contributed by atoms with Gasteiger partial charge in [-0.25, -0.2) is 5.11 Å². The first kappa shape index (κ1) is 9.70. The van der Waals surface area contributed by atoms with Crippen molar-refractivity contribution in [3.8, 4) is 0 Å². The first-order valence-corrected chi connectivity index (χ1v) is 4.10. The van der Waals surface area contributed by atoms with Gasteiger partial charge in [-0.1, -0.05) is 31.9 Å². The highest BCUT2D eigenvalue weighted by Crippen LogP contribution is 1.99. The molecule has 1 unspecified atom stereocenters.